The van der Waals surface area contributed by atoms with Crippen molar-refractivity contribution >= 4 is 17.7 Å². The predicted octanol–water partition coefficient (Wildman–Crippen LogP) is 2.51. The molecule has 1 aromatic rings. The molecule has 8 nitrogen and oxygen atoms in total. The SMILES string of the molecule is COc1cc(C=CC(=O)NCC2CCCO2)c([N+](=O)[O-])cc1OC(F)F. The number of carbonyl (C=O) groups excluding carboxylic acids is 1. The Morgan fingerprint density at radius 1 is 1.50 bits per heavy atom. The standard InChI is InChI=1S/C16H18F2N2O6/c1-24-13-7-10(12(20(22)23)8-14(13)26-16(17)18)4-5-15(21)19-9-11-3-2-6-25-11/h4-5,7-8,11,16H,2-3,6,9H2,1H3,(H,19,21). The van der Waals surface area contributed by atoms with E-state index in [1.807, 2.05) is 0 Å². The first-order chi connectivity index (χ1) is 12.4. The van der Waals surface area contributed by atoms with Gasteiger partial charge in [0, 0.05) is 19.2 Å². The van der Waals surface area contributed by atoms with Crippen LogP contribution in [0.5, 0.6) is 11.5 Å². The second kappa shape index (κ2) is 9.09. The van der Waals surface area contributed by atoms with Crippen LogP contribution in [0.1, 0.15) is 18.4 Å². The largest absolute Gasteiger partial charge is 0.493 e. The molecule has 1 saturated heterocycles. The number of nitro groups is 1. The number of hydrogen-bond donors (Lipinski definition) is 1. The molecule has 0 aliphatic carbocycles. The molecule has 1 heterocycles. The molecule has 1 atom stereocenters. The van der Waals surface area contributed by atoms with Gasteiger partial charge >= 0.3 is 6.61 Å². The zero-order valence-corrected chi connectivity index (χ0v) is 13.9. The lowest BCUT2D eigenvalue weighted by atomic mass is 10.1. The van der Waals surface area contributed by atoms with Gasteiger partial charge in [0.05, 0.1) is 29.8 Å². The summed E-state index contributed by atoms with van der Waals surface area (Å²) in [6.45, 7) is -2.15. The van der Waals surface area contributed by atoms with E-state index in [0.717, 1.165) is 31.1 Å². The van der Waals surface area contributed by atoms with E-state index in [9.17, 15) is 23.7 Å². The van der Waals surface area contributed by atoms with Gasteiger partial charge in [-0.05, 0) is 25.0 Å². The number of halogens is 2. The number of alkyl halides is 2. The maximum Gasteiger partial charge on any atom is 0.387 e. The van der Waals surface area contributed by atoms with Crippen molar-refractivity contribution in [1.29, 1.82) is 0 Å². The molecule has 142 valence electrons. The van der Waals surface area contributed by atoms with Crippen LogP contribution in [0.4, 0.5) is 14.5 Å². The summed E-state index contributed by atoms with van der Waals surface area (Å²) in [5.74, 6) is -1.04. The van der Waals surface area contributed by atoms with Crippen LogP contribution in [0.15, 0.2) is 18.2 Å². The smallest absolute Gasteiger partial charge is 0.387 e. The minimum absolute atomic E-state index is 0.0146. The highest BCUT2D eigenvalue weighted by Crippen LogP contribution is 2.36. The van der Waals surface area contributed by atoms with E-state index in [4.69, 9.17) is 9.47 Å². The van der Waals surface area contributed by atoms with E-state index < -0.39 is 28.9 Å². The molecule has 10 heteroatoms. The first-order valence-electron chi connectivity index (χ1n) is 7.79. The summed E-state index contributed by atoms with van der Waals surface area (Å²) < 4.78 is 39.3. The second-order valence-electron chi connectivity index (χ2n) is 5.41. The molecule has 1 N–H and O–H groups in total. The summed E-state index contributed by atoms with van der Waals surface area (Å²) in [6.07, 6.45) is 4.09. The highest BCUT2D eigenvalue weighted by Gasteiger charge is 2.21. The van der Waals surface area contributed by atoms with Gasteiger partial charge in [-0.2, -0.15) is 8.78 Å². The summed E-state index contributed by atoms with van der Waals surface area (Å²) in [7, 11) is 1.21. The maximum atomic E-state index is 12.4. The van der Waals surface area contributed by atoms with Gasteiger partial charge in [-0.1, -0.05) is 0 Å². The van der Waals surface area contributed by atoms with Gasteiger partial charge in [-0.15, -0.1) is 0 Å². The molecule has 1 aromatic carbocycles. The fourth-order valence-corrected chi connectivity index (χ4v) is 2.45. The lowest BCUT2D eigenvalue weighted by molar-refractivity contribution is -0.385. The highest BCUT2D eigenvalue weighted by molar-refractivity contribution is 5.92. The normalized spacial score (nSPS) is 16.8. The maximum absolute atomic E-state index is 12.4. The number of benzene rings is 1. The van der Waals surface area contributed by atoms with Crippen LogP contribution in [0.2, 0.25) is 0 Å². The number of carbonyl (C=O) groups is 1. The molecule has 26 heavy (non-hydrogen) atoms. The van der Waals surface area contributed by atoms with Crippen LogP contribution >= 0.6 is 0 Å². The molecule has 0 spiro atoms. The number of nitro benzene ring substituents is 1. The minimum Gasteiger partial charge on any atom is -0.493 e. The van der Waals surface area contributed by atoms with Crippen molar-refractivity contribution in [3.05, 3.63) is 33.9 Å². The van der Waals surface area contributed by atoms with Gasteiger partial charge in [-0.3, -0.25) is 14.9 Å². The van der Waals surface area contributed by atoms with Crippen molar-refractivity contribution in [3.8, 4) is 11.5 Å². The number of hydrogen-bond acceptors (Lipinski definition) is 6. The fourth-order valence-electron chi connectivity index (χ4n) is 2.45. The number of rotatable bonds is 8. The van der Waals surface area contributed by atoms with Crippen molar-refractivity contribution in [2.24, 2.45) is 0 Å². The Hall–Kier alpha value is -2.75. The van der Waals surface area contributed by atoms with Crippen molar-refractivity contribution in [2.45, 2.75) is 25.6 Å². The molecule has 2 rings (SSSR count). The Morgan fingerprint density at radius 3 is 2.85 bits per heavy atom. The molecular weight excluding hydrogens is 354 g/mol. The Bertz CT molecular complexity index is 690. The summed E-state index contributed by atoms with van der Waals surface area (Å²) in [5.41, 5.74) is -0.481. The third-order valence-corrected chi connectivity index (χ3v) is 3.67. The molecule has 0 bridgehead atoms. The number of ether oxygens (including phenoxy) is 3. The van der Waals surface area contributed by atoms with Gasteiger partial charge in [0.1, 0.15) is 0 Å². The number of methoxy groups -OCH3 is 1. The van der Waals surface area contributed by atoms with Crippen molar-refractivity contribution in [1.82, 2.24) is 5.32 Å². The van der Waals surface area contributed by atoms with Crippen LogP contribution in [0.25, 0.3) is 6.08 Å². The van der Waals surface area contributed by atoms with Gasteiger partial charge < -0.3 is 19.5 Å². The Kier molecular flexibility index (Phi) is 6.84. The van der Waals surface area contributed by atoms with E-state index in [2.05, 4.69) is 10.1 Å². The zero-order chi connectivity index (χ0) is 19.1. The second-order valence-corrected chi connectivity index (χ2v) is 5.41. The first-order valence-corrected chi connectivity index (χ1v) is 7.79. The van der Waals surface area contributed by atoms with E-state index in [1.165, 1.54) is 13.2 Å². The summed E-state index contributed by atoms with van der Waals surface area (Å²) in [4.78, 5) is 22.3. The number of amides is 1. The molecule has 0 radical (unpaired) electrons. The fraction of sp³-hybridized carbons (Fsp3) is 0.438. The topological polar surface area (TPSA) is 99.9 Å². The van der Waals surface area contributed by atoms with Crippen molar-refractivity contribution < 1.29 is 32.7 Å². The molecular formula is C16H18F2N2O6. The Morgan fingerprint density at radius 2 is 2.27 bits per heavy atom. The Labute approximate surface area is 147 Å². The average molecular weight is 372 g/mol. The number of nitrogens with one attached hydrogen (secondary N) is 1. The first kappa shape index (κ1) is 19.6. The van der Waals surface area contributed by atoms with Crippen LogP contribution < -0.4 is 14.8 Å². The summed E-state index contributed by atoms with van der Waals surface area (Å²) in [5, 5.41) is 13.8. The van der Waals surface area contributed by atoms with E-state index in [0.29, 0.717) is 13.2 Å². The molecule has 0 aromatic heterocycles. The van der Waals surface area contributed by atoms with E-state index in [-0.39, 0.29) is 17.4 Å². The van der Waals surface area contributed by atoms with Crippen LogP contribution in [-0.4, -0.2) is 43.8 Å². The van der Waals surface area contributed by atoms with Crippen LogP contribution in [0, 0.1) is 10.1 Å². The van der Waals surface area contributed by atoms with Crippen LogP contribution in [-0.2, 0) is 9.53 Å². The molecule has 1 fully saturated rings. The van der Waals surface area contributed by atoms with Gasteiger partial charge in [0.25, 0.3) is 5.69 Å². The third-order valence-electron chi connectivity index (χ3n) is 3.67. The lowest BCUT2D eigenvalue weighted by Gasteiger charge is -2.11. The summed E-state index contributed by atoms with van der Waals surface area (Å²) >= 11 is 0. The molecule has 1 amide bonds. The average Bonchev–Trinajstić information content (AvgIpc) is 3.11. The zero-order valence-electron chi connectivity index (χ0n) is 13.9. The van der Waals surface area contributed by atoms with Gasteiger partial charge in [0.15, 0.2) is 11.5 Å². The van der Waals surface area contributed by atoms with Gasteiger partial charge in [-0.25, -0.2) is 0 Å². The predicted molar refractivity (Wildman–Crippen MR) is 87.3 cm³/mol. The Balaban J connectivity index is 2.15. The summed E-state index contributed by atoms with van der Waals surface area (Å²) in [6, 6.07) is 1.98. The molecule has 1 aliphatic heterocycles. The molecule has 0 saturated carbocycles. The molecule has 1 aliphatic rings. The van der Waals surface area contributed by atoms with E-state index >= 15 is 0 Å². The number of nitrogens with zero attached hydrogens (tertiary/aromatic N) is 1. The van der Waals surface area contributed by atoms with Crippen LogP contribution in [0.3, 0.4) is 0 Å². The highest BCUT2D eigenvalue weighted by atomic mass is 19.3. The van der Waals surface area contributed by atoms with Crippen molar-refractivity contribution in [2.75, 3.05) is 20.3 Å². The quantitative estimate of drug-likeness (QED) is 0.428. The van der Waals surface area contributed by atoms with Crippen molar-refractivity contribution in [3.63, 3.8) is 0 Å². The lowest BCUT2D eigenvalue weighted by Crippen LogP contribution is -2.30. The van der Waals surface area contributed by atoms with E-state index in [1.54, 1.807) is 0 Å². The molecule has 1 unspecified atom stereocenters. The monoisotopic (exact) mass is 372 g/mol. The third kappa shape index (κ3) is 5.38. The minimum atomic E-state index is -3.16. The van der Waals surface area contributed by atoms with Gasteiger partial charge in [0.2, 0.25) is 5.91 Å².